The minimum absolute atomic E-state index is 0.161. The van der Waals surface area contributed by atoms with Crippen molar-refractivity contribution < 1.29 is 8.95 Å². The fraction of sp³-hybridized carbons (Fsp3) is 0.286. The van der Waals surface area contributed by atoms with E-state index in [0.29, 0.717) is 10.6 Å². The highest BCUT2D eigenvalue weighted by Crippen LogP contribution is 2.13. The molecule has 0 saturated heterocycles. The van der Waals surface area contributed by atoms with Gasteiger partial charge in [-0.3, -0.25) is 9.19 Å². The third-order valence-corrected chi connectivity index (χ3v) is 2.59. The number of anilines is 1. The van der Waals surface area contributed by atoms with Crippen LogP contribution in [-0.2, 0) is 15.5 Å². The minimum atomic E-state index is -1.18. The molecular formula is C7H10N2O2S. The van der Waals surface area contributed by atoms with Gasteiger partial charge in [0.1, 0.15) is 5.94 Å². The van der Waals surface area contributed by atoms with E-state index in [1.165, 1.54) is 13.3 Å². The Morgan fingerprint density at radius 1 is 1.75 bits per heavy atom. The van der Waals surface area contributed by atoms with Gasteiger partial charge in [0.25, 0.3) is 0 Å². The van der Waals surface area contributed by atoms with Gasteiger partial charge < -0.3 is 10.5 Å². The lowest BCUT2D eigenvalue weighted by Crippen LogP contribution is -2.03. The summed E-state index contributed by atoms with van der Waals surface area (Å²) in [5, 5.41) is 0. The first-order valence-electron chi connectivity index (χ1n) is 3.32. The molecule has 1 heterocycles. The van der Waals surface area contributed by atoms with Crippen LogP contribution in [0.3, 0.4) is 0 Å². The van der Waals surface area contributed by atoms with Gasteiger partial charge in [0, 0.05) is 13.3 Å². The van der Waals surface area contributed by atoms with Gasteiger partial charge in [0.15, 0.2) is 0 Å². The lowest BCUT2D eigenvalue weighted by atomic mass is 10.4. The van der Waals surface area contributed by atoms with E-state index in [4.69, 9.17) is 10.5 Å². The zero-order valence-electron chi connectivity index (χ0n) is 6.69. The van der Waals surface area contributed by atoms with Crippen molar-refractivity contribution in [3.05, 3.63) is 18.5 Å². The Hall–Kier alpha value is -0.940. The highest BCUT2D eigenvalue weighted by Gasteiger charge is 2.05. The van der Waals surface area contributed by atoms with Crippen LogP contribution >= 0.6 is 0 Å². The van der Waals surface area contributed by atoms with Crippen LogP contribution in [0.2, 0.25) is 0 Å². The van der Waals surface area contributed by atoms with Crippen molar-refractivity contribution in [1.29, 1.82) is 0 Å². The summed E-state index contributed by atoms with van der Waals surface area (Å²) in [6, 6.07) is 1.63. The number of hydrogen-bond donors (Lipinski definition) is 1. The highest BCUT2D eigenvalue weighted by atomic mass is 32.2. The quantitative estimate of drug-likeness (QED) is 0.741. The predicted octanol–water partition coefficient (Wildman–Crippen LogP) is 0.375. The molecule has 0 aliphatic heterocycles. The molecule has 12 heavy (non-hydrogen) atoms. The molecule has 4 nitrogen and oxygen atoms in total. The van der Waals surface area contributed by atoms with Crippen molar-refractivity contribution in [2.75, 3.05) is 18.8 Å². The smallest absolute Gasteiger partial charge is 0.126 e. The first-order valence-corrected chi connectivity index (χ1v) is 4.64. The standard InChI is InChI=1S/C7H10N2O2S/c1-11-5-12(10)7-2-3-9-4-6(7)8/h2-4H,5,8H2,1H3. The molecule has 0 fully saturated rings. The number of ether oxygens (including phenoxy) is 1. The van der Waals surface area contributed by atoms with Gasteiger partial charge in [-0.25, -0.2) is 0 Å². The lowest BCUT2D eigenvalue weighted by molar-refractivity contribution is 0.254. The van der Waals surface area contributed by atoms with Crippen molar-refractivity contribution >= 4 is 16.5 Å². The molecule has 0 aliphatic carbocycles. The molecule has 2 N–H and O–H groups in total. The Morgan fingerprint density at radius 2 is 2.50 bits per heavy atom. The van der Waals surface area contributed by atoms with Gasteiger partial charge >= 0.3 is 0 Å². The van der Waals surface area contributed by atoms with Crippen molar-refractivity contribution in [1.82, 2.24) is 4.98 Å². The molecule has 0 saturated carbocycles. The van der Waals surface area contributed by atoms with Gasteiger partial charge in [-0.1, -0.05) is 0 Å². The van der Waals surface area contributed by atoms with E-state index in [2.05, 4.69) is 4.98 Å². The highest BCUT2D eigenvalue weighted by molar-refractivity contribution is 7.85. The van der Waals surface area contributed by atoms with Crippen LogP contribution in [0.4, 0.5) is 5.69 Å². The maximum absolute atomic E-state index is 11.3. The summed E-state index contributed by atoms with van der Waals surface area (Å²) in [4.78, 5) is 4.36. The fourth-order valence-corrected chi connectivity index (χ4v) is 1.64. The van der Waals surface area contributed by atoms with Gasteiger partial charge in [-0.05, 0) is 6.07 Å². The summed E-state index contributed by atoms with van der Waals surface area (Å²) in [6.07, 6.45) is 3.03. The molecule has 1 aromatic heterocycles. The van der Waals surface area contributed by atoms with Crippen molar-refractivity contribution in [3.8, 4) is 0 Å². The van der Waals surface area contributed by atoms with Crippen LogP contribution in [-0.4, -0.2) is 22.2 Å². The average molecular weight is 186 g/mol. The number of nitrogen functional groups attached to an aromatic ring is 1. The normalized spacial score (nSPS) is 12.8. The van der Waals surface area contributed by atoms with Crippen molar-refractivity contribution in [2.24, 2.45) is 0 Å². The molecular weight excluding hydrogens is 176 g/mol. The van der Waals surface area contributed by atoms with Crippen molar-refractivity contribution in [3.63, 3.8) is 0 Å². The van der Waals surface area contributed by atoms with E-state index >= 15 is 0 Å². The second-order valence-corrected chi connectivity index (χ2v) is 3.53. The first kappa shape index (κ1) is 9.15. The number of rotatable bonds is 3. The summed E-state index contributed by atoms with van der Waals surface area (Å²) < 4.78 is 16.1. The third kappa shape index (κ3) is 2.02. The van der Waals surface area contributed by atoms with Crippen LogP contribution < -0.4 is 5.73 Å². The Morgan fingerprint density at radius 3 is 3.08 bits per heavy atom. The summed E-state index contributed by atoms with van der Waals surface area (Å²) in [5.41, 5.74) is 5.98. The Labute approximate surface area is 73.2 Å². The number of nitrogens with two attached hydrogens (primary N) is 1. The summed E-state index contributed by atoms with van der Waals surface area (Å²) in [6.45, 7) is 0. The maximum atomic E-state index is 11.3. The second kappa shape index (κ2) is 4.18. The molecule has 0 bridgehead atoms. The van der Waals surface area contributed by atoms with Crippen molar-refractivity contribution in [2.45, 2.75) is 4.90 Å². The van der Waals surface area contributed by atoms with E-state index in [-0.39, 0.29) is 5.94 Å². The van der Waals surface area contributed by atoms with E-state index in [0.717, 1.165) is 0 Å². The van der Waals surface area contributed by atoms with E-state index in [1.807, 2.05) is 0 Å². The molecule has 0 aromatic carbocycles. The Kier molecular flexibility index (Phi) is 3.19. The first-order chi connectivity index (χ1) is 5.75. The van der Waals surface area contributed by atoms with Gasteiger partial charge in [-0.2, -0.15) is 0 Å². The number of pyridine rings is 1. The SMILES string of the molecule is COCS(=O)c1ccncc1N. The third-order valence-electron chi connectivity index (χ3n) is 1.28. The average Bonchev–Trinajstić information content (AvgIpc) is 2.05. The van der Waals surface area contributed by atoms with Gasteiger partial charge in [-0.15, -0.1) is 0 Å². The fourth-order valence-electron chi connectivity index (χ4n) is 0.772. The molecule has 0 aliphatic rings. The molecule has 66 valence electrons. The summed E-state index contributed by atoms with van der Waals surface area (Å²) in [5.74, 6) is 0.161. The van der Waals surface area contributed by atoms with Crippen LogP contribution in [0.25, 0.3) is 0 Å². The molecule has 1 atom stereocenters. The summed E-state index contributed by atoms with van der Waals surface area (Å²) >= 11 is 0. The second-order valence-electron chi connectivity index (χ2n) is 2.17. The summed E-state index contributed by atoms with van der Waals surface area (Å²) in [7, 11) is 0.313. The monoisotopic (exact) mass is 186 g/mol. The zero-order chi connectivity index (χ0) is 8.97. The molecule has 0 amide bonds. The Balaban J connectivity index is 2.87. The lowest BCUT2D eigenvalue weighted by Gasteiger charge is -2.02. The van der Waals surface area contributed by atoms with E-state index in [1.54, 1.807) is 12.3 Å². The van der Waals surface area contributed by atoms with Crippen LogP contribution in [0.15, 0.2) is 23.4 Å². The predicted molar refractivity (Wildman–Crippen MR) is 46.9 cm³/mol. The molecule has 5 heteroatoms. The molecule has 1 unspecified atom stereocenters. The molecule has 1 rings (SSSR count). The number of aromatic nitrogens is 1. The molecule has 0 radical (unpaired) electrons. The topological polar surface area (TPSA) is 65.2 Å². The van der Waals surface area contributed by atoms with Gasteiger partial charge in [0.05, 0.1) is 27.6 Å². The van der Waals surface area contributed by atoms with E-state index < -0.39 is 10.8 Å². The van der Waals surface area contributed by atoms with E-state index in [9.17, 15) is 4.21 Å². The minimum Gasteiger partial charge on any atom is -0.396 e. The van der Waals surface area contributed by atoms with Gasteiger partial charge in [0.2, 0.25) is 0 Å². The Bertz CT molecular complexity index is 290. The number of methoxy groups -OCH3 is 1. The van der Waals surface area contributed by atoms with Crippen LogP contribution in [0, 0.1) is 0 Å². The number of hydrogen-bond acceptors (Lipinski definition) is 4. The molecule has 1 aromatic rings. The largest absolute Gasteiger partial charge is 0.396 e. The maximum Gasteiger partial charge on any atom is 0.126 e. The van der Waals surface area contributed by atoms with Crippen LogP contribution in [0.5, 0.6) is 0 Å². The zero-order valence-corrected chi connectivity index (χ0v) is 7.50. The molecule has 0 spiro atoms. The van der Waals surface area contributed by atoms with Crippen LogP contribution in [0.1, 0.15) is 0 Å². The number of nitrogens with zero attached hydrogens (tertiary/aromatic N) is 1.